The maximum absolute atomic E-state index is 11.7. The van der Waals surface area contributed by atoms with Crippen LogP contribution in [0.4, 0.5) is 4.79 Å². The van der Waals surface area contributed by atoms with E-state index in [4.69, 9.17) is 9.84 Å². The summed E-state index contributed by atoms with van der Waals surface area (Å²) in [7, 11) is 1.57. The van der Waals surface area contributed by atoms with Gasteiger partial charge in [-0.05, 0) is 24.6 Å². The minimum Gasteiger partial charge on any atom is -0.492 e. The van der Waals surface area contributed by atoms with E-state index in [1.54, 1.807) is 14.0 Å². The summed E-state index contributed by atoms with van der Waals surface area (Å²) < 4.78 is 5.51. The molecule has 1 aromatic rings. The van der Waals surface area contributed by atoms with Crippen LogP contribution in [-0.2, 0) is 4.79 Å². The zero-order chi connectivity index (χ0) is 15.8. The van der Waals surface area contributed by atoms with Gasteiger partial charge in [-0.2, -0.15) is 0 Å². The Morgan fingerprint density at radius 3 is 2.76 bits per heavy atom. The molecule has 0 aliphatic heterocycles. The normalized spacial score (nSPS) is 11.6. The Kier molecular flexibility index (Phi) is 6.52. The number of benzene rings is 1. The molecule has 2 N–H and O–H groups in total. The Labute approximate surface area is 124 Å². The predicted octanol–water partition coefficient (Wildman–Crippen LogP) is 1.74. The molecular formula is C15H22N2O4. The number of carboxylic acids is 1. The summed E-state index contributed by atoms with van der Waals surface area (Å²) in [5, 5.41) is 11.5. The number of aliphatic carboxylic acids is 1. The van der Waals surface area contributed by atoms with Crippen molar-refractivity contribution in [2.75, 3.05) is 26.7 Å². The monoisotopic (exact) mass is 294 g/mol. The van der Waals surface area contributed by atoms with E-state index in [0.717, 1.165) is 11.3 Å². The lowest BCUT2D eigenvalue weighted by Crippen LogP contribution is -2.42. The number of urea groups is 1. The second kappa shape index (κ2) is 8.14. The molecule has 0 bridgehead atoms. The molecule has 1 rings (SSSR count). The molecule has 1 atom stereocenters. The van der Waals surface area contributed by atoms with Crippen LogP contribution in [-0.4, -0.2) is 48.8 Å². The van der Waals surface area contributed by atoms with Crippen molar-refractivity contribution in [2.45, 2.75) is 13.8 Å². The van der Waals surface area contributed by atoms with Gasteiger partial charge in [-0.15, -0.1) is 0 Å². The molecule has 0 aromatic heterocycles. The maximum Gasteiger partial charge on any atom is 0.317 e. The van der Waals surface area contributed by atoms with E-state index < -0.39 is 11.9 Å². The number of ether oxygens (including phenoxy) is 1. The van der Waals surface area contributed by atoms with Crippen LogP contribution in [0.2, 0.25) is 0 Å². The maximum atomic E-state index is 11.7. The zero-order valence-electron chi connectivity index (χ0n) is 12.6. The first-order chi connectivity index (χ1) is 9.90. The van der Waals surface area contributed by atoms with E-state index in [9.17, 15) is 9.59 Å². The molecule has 0 aliphatic rings. The zero-order valence-corrected chi connectivity index (χ0v) is 12.6. The molecule has 6 nitrogen and oxygen atoms in total. The average molecular weight is 294 g/mol. The summed E-state index contributed by atoms with van der Waals surface area (Å²) in [5.41, 5.74) is 1.11. The van der Waals surface area contributed by atoms with Gasteiger partial charge < -0.3 is 20.1 Å². The van der Waals surface area contributed by atoms with Crippen LogP contribution in [0.5, 0.6) is 5.75 Å². The number of carbonyl (C=O) groups is 2. The van der Waals surface area contributed by atoms with Gasteiger partial charge >= 0.3 is 12.0 Å². The molecule has 116 valence electrons. The van der Waals surface area contributed by atoms with Crippen LogP contribution >= 0.6 is 0 Å². The number of amides is 2. The molecule has 0 heterocycles. The van der Waals surface area contributed by atoms with Crippen molar-refractivity contribution in [3.63, 3.8) is 0 Å². The lowest BCUT2D eigenvalue weighted by Gasteiger charge is -2.20. The van der Waals surface area contributed by atoms with Gasteiger partial charge in [0.1, 0.15) is 12.4 Å². The molecule has 0 radical (unpaired) electrons. The van der Waals surface area contributed by atoms with Crippen molar-refractivity contribution < 1.29 is 19.4 Å². The second-order valence-corrected chi connectivity index (χ2v) is 5.02. The summed E-state index contributed by atoms with van der Waals surface area (Å²) in [6, 6.07) is 7.35. The van der Waals surface area contributed by atoms with E-state index >= 15 is 0 Å². The number of hydrogen-bond donors (Lipinski definition) is 2. The Hall–Kier alpha value is -2.24. The number of carboxylic acid groups (broad SMARTS) is 1. The first-order valence-corrected chi connectivity index (χ1v) is 6.81. The van der Waals surface area contributed by atoms with E-state index in [0.29, 0.717) is 13.2 Å². The summed E-state index contributed by atoms with van der Waals surface area (Å²) in [5.74, 6) is -0.751. The number of aryl methyl sites for hydroxylation is 1. The molecule has 0 aliphatic carbocycles. The lowest BCUT2D eigenvalue weighted by molar-refractivity contribution is -0.141. The minimum atomic E-state index is -0.919. The van der Waals surface area contributed by atoms with Crippen molar-refractivity contribution in [2.24, 2.45) is 5.92 Å². The van der Waals surface area contributed by atoms with Crippen LogP contribution in [0.15, 0.2) is 24.3 Å². The smallest absolute Gasteiger partial charge is 0.317 e. The summed E-state index contributed by atoms with van der Waals surface area (Å²) in [6.07, 6.45) is 0. The van der Waals surface area contributed by atoms with Gasteiger partial charge in [-0.25, -0.2) is 4.79 Å². The molecule has 0 fully saturated rings. The molecule has 0 saturated carbocycles. The predicted molar refractivity (Wildman–Crippen MR) is 79.5 cm³/mol. The van der Waals surface area contributed by atoms with Gasteiger partial charge in [0.15, 0.2) is 0 Å². The third kappa shape index (κ3) is 6.16. The molecule has 0 spiro atoms. The van der Waals surface area contributed by atoms with Crippen molar-refractivity contribution in [3.05, 3.63) is 29.8 Å². The molecule has 1 unspecified atom stereocenters. The summed E-state index contributed by atoms with van der Waals surface area (Å²) in [4.78, 5) is 23.8. The van der Waals surface area contributed by atoms with Crippen molar-refractivity contribution in [1.82, 2.24) is 10.2 Å². The van der Waals surface area contributed by atoms with Crippen LogP contribution in [0.25, 0.3) is 0 Å². The minimum absolute atomic E-state index is 0.167. The Morgan fingerprint density at radius 1 is 1.43 bits per heavy atom. The van der Waals surface area contributed by atoms with Gasteiger partial charge in [-0.3, -0.25) is 4.79 Å². The summed E-state index contributed by atoms with van der Waals surface area (Å²) >= 11 is 0. The Bertz CT molecular complexity index is 490. The second-order valence-electron chi connectivity index (χ2n) is 5.02. The highest BCUT2D eigenvalue weighted by atomic mass is 16.5. The van der Waals surface area contributed by atoms with Crippen molar-refractivity contribution >= 4 is 12.0 Å². The molecule has 2 amide bonds. The number of rotatable bonds is 7. The number of nitrogens with zero attached hydrogens (tertiary/aromatic N) is 1. The largest absolute Gasteiger partial charge is 0.492 e. The topological polar surface area (TPSA) is 78.9 Å². The first kappa shape index (κ1) is 16.8. The van der Waals surface area contributed by atoms with Crippen molar-refractivity contribution in [1.29, 1.82) is 0 Å². The molecule has 21 heavy (non-hydrogen) atoms. The average Bonchev–Trinajstić information content (AvgIpc) is 2.43. The van der Waals surface area contributed by atoms with Gasteiger partial charge in [0.25, 0.3) is 0 Å². The Balaban J connectivity index is 2.25. The third-order valence-corrected chi connectivity index (χ3v) is 2.95. The number of nitrogens with one attached hydrogen (secondary N) is 1. The van der Waals surface area contributed by atoms with Crippen LogP contribution < -0.4 is 10.1 Å². The van der Waals surface area contributed by atoms with E-state index in [-0.39, 0.29) is 12.6 Å². The van der Waals surface area contributed by atoms with E-state index in [1.807, 2.05) is 31.2 Å². The van der Waals surface area contributed by atoms with E-state index in [1.165, 1.54) is 4.90 Å². The fraction of sp³-hybridized carbons (Fsp3) is 0.467. The van der Waals surface area contributed by atoms with Gasteiger partial charge in [-0.1, -0.05) is 19.1 Å². The standard InChI is InChI=1S/C15H22N2O4/c1-11-5-4-6-13(9-11)21-8-7-16-15(20)17(3)10-12(2)14(18)19/h4-6,9,12H,7-8,10H2,1-3H3,(H,16,20)(H,18,19). The molecule has 0 saturated heterocycles. The van der Waals surface area contributed by atoms with Gasteiger partial charge in [0.2, 0.25) is 0 Å². The fourth-order valence-electron chi connectivity index (χ4n) is 1.74. The van der Waals surface area contributed by atoms with E-state index in [2.05, 4.69) is 5.32 Å². The highest BCUT2D eigenvalue weighted by Gasteiger charge is 2.16. The summed E-state index contributed by atoms with van der Waals surface area (Å²) in [6.45, 7) is 4.43. The molecule has 6 heteroatoms. The quantitative estimate of drug-likeness (QED) is 0.751. The highest BCUT2D eigenvalue weighted by Crippen LogP contribution is 2.11. The third-order valence-electron chi connectivity index (χ3n) is 2.95. The first-order valence-electron chi connectivity index (χ1n) is 6.81. The highest BCUT2D eigenvalue weighted by molar-refractivity contribution is 5.75. The number of carbonyl (C=O) groups excluding carboxylic acids is 1. The van der Waals surface area contributed by atoms with Crippen LogP contribution in [0, 0.1) is 12.8 Å². The van der Waals surface area contributed by atoms with Crippen LogP contribution in [0.1, 0.15) is 12.5 Å². The number of hydrogen-bond acceptors (Lipinski definition) is 3. The molecule has 1 aromatic carbocycles. The Morgan fingerprint density at radius 2 is 2.14 bits per heavy atom. The van der Waals surface area contributed by atoms with Crippen molar-refractivity contribution in [3.8, 4) is 5.75 Å². The van der Waals surface area contributed by atoms with Crippen LogP contribution in [0.3, 0.4) is 0 Å². The molecular weight excluding hydrogens is 272 g/mol. The lowest BCUT2D eigenvalue weighted by atomic mass is 10.2. The van der Waals surface area contributed by atoms with Gasteiger partial charge in [0.05, 0.1) is 12.5 Å². The SMILES string of the molecule is Cc1cccc(OCCNC(=O)N(C)CC(C)C(=O)O)c1. The van der Waals surface area contributed by atoms with Gasteiger partial charge in [0, 0.05) is 13.6 Å². The fourth-order valence-corrected chi connectivity index (χ4v) is 1.74.